The minimum atomic E-state index is 0.813. The number of ether oxygens (including phenoxy) is 1. The predicted octanol–water partition coefficient (Wildman–Crippen LogP) is 5.81. The first kappa shape index (κ1) is 18.5. The first-order valence-corrected chi connectivity index (χ1v) is 10.7. The third kappa shape index (κ3) is 4.18. The molecular weight excluding hydrogens is 386 g/mol. The molecule has 0 saturated carbocycles. The summed E-state index contributed by atoms with van der Waals surface area (Å²) in [4.78, 5) is 1.09. The number of rotatable bonds is 7. The fraction of sp³-hybridized carbons (Fsp3) is 0.0909. The summed E-state index contributed by atoms with van der Waals surface area (Å²) in [6.45, 7) is 0. The zero-order valence-corrected chi connectivity index (χ0v) is 17.0. The van der Waals surface area contributed by atoms with Crippen molar-refractivity contribution in [2.45, 2.75) is 5.16 Å². The zero-order chi connectivity index (χ0) is 19.2. The standard InChI is InChI=1S/C22H19N3OS2/c1-26-19-13-11-18(12-14-19)25-21(20-10-6-15-27-20)23-24-22(25)28-16-5-9-17-7-3-2-4-8-17/h2-15H,16H2,1H3/b9-5-. The Morgan fingerprint density at radius 2 is 1.82 bits per heavy atom. The summed E-state index contributed by atoms with van der Waals surface area (Å²) in [7, 11) is 1.67. The topological polar surface area (TPSA) is 39.9 Å². The second-order valence-electron chi connectivity index (χ2n) is 5.94. The van der Waals surface area contributed by atoms with Crippen molar-refractivity contribution in [2.75, 3.05) is 12.9 Å². The maximum absolute atomic E-state index is 5.29. The number of thiophene rings is 1. The van der Waals surface area contributed by atoms with E-state index in [1.165, 1.54) is 5.56 Å². The van der Waals surface area contributed by atoms with Crippen LogP contribution in [-0.4, -0.2) is 27.6 Å². The molecule has 140 valence electrons. The Labute approximate surface area is 172 Å². The lowest BCUT2D eigenvalue weighted by atomic mass is 10.2. The average molecular weight is 406 g/mol. The first-order chi connectivity index (χ1) is 13.8. The van der Waals surface area contributed by atoms with Gasteiger partial charge >= 0.3 is 0 Å². The van der Waals surface area contributed by atoms with Crippen LogP contribution in [0.3, 0.4) is 0 Å². The summed E-state index contributed by atoms with van der Waals surface area (Å²) in [5, 5.41) is 11.8. The number of methoxy groups -OCH3 is 1. The van der Waals surface area contributed by atoms with Crippen molar-refractivity contribution < 1.29 is 4.74 Å². The number of nitrogens with zero attached hydrogens (tertiary/aromatic N) is 3. The molecule has 0 saturated heterocycles. The van der Waals surface area contributed by atoms with Gasteiger partial charge in [-0.15, -0.1) is 21.5 Å². The van der Waals surface area contributed by atoms with Gasteiger partial charge in [0.15, 0.2) is 11.0 Å². The second-order valence-corrected chi connectivity index (χ2v) is 7.88. The molecule has 2 aromatic heterocycles. The van der Waals surface area contributed by atoms with E-state index in [1.54, 1.807) is 30.2 Å². The van der Waals surface area contributed by atoms with Gasteiger partial charge < -0.3 is 4.74 Å². The molecule has 2 aromatic carbocycles. The Bertz CT molecular complexity index is 1040. The molecule has 0 amide bonds. The number of benzene rings is 2. The molecule has 4 rings (SSSR count). The van der Waals surface area contributed by atoms with Crippen molar-refractivity contribution in [2.24, 2.45) is 0 Å². The molecule has 0 fully saturated rings. The van der Waals surface area contributed by atoms with Crippen molar-refractivity contribution in [3.8, 4) is 22.1 Å². The molecule has 0 radical (unpaired) electrons. The largest absolute Gasteiger partial charge is 0.497 e. The molecule has 0 N–H and O–H groups in total. The van der Waals surface area contributed by atoms with Crippen molar-refractivity contribution >= 4 is 29.2 Å². The van der Waals surface area contributed by atoms with Crippen molar-refractivity contribution in [3.05, 3.63) is 83.7 Å². The molecular formula is C22H19N3OS2. The summed E-state index contributed by atoms with van der Waals surface area (Å²) in [5.41, 5.74) is 2.21. The van der Waals surface area contributed by atoms with Gasteiger partial charge in [0.1, 0.15) is 5.75 Å². The van der Waals surface area contributed by atoms with Crippen LogP contribution in [0.5, 0.6) is 5.75 Å². The van der Waals surface area contributed by atoms with Crippen LogP contribution in [0.1, 0.15) is 5.56 Å². The normalized spacial score (nSPS) is 11.2. The molecule has 0 aliphatic heterocycles. The quantitative estimate of drug-likeness (QED) is 0.364. The van der Waals surface area contributed by atoms with Gasteiger partial charge in [0.05, 0.1) is 17.7 Å². The van der Waals surface area contributed by atoms with Gasteiger partial charge in [-0.05, 0) is 41.3 Å². The Hall–Kier alpha value is -2.83. The molecule has 0 atom stereocenters. The summed E-state index contributed by atoms with van der Waals surface area (Å²) < 4.78 is 7.39. The molecule has 4 nitrogen and oxygen atoms in total. The highest BCUT2D eigenvalue weighted by molar-refractivity contribution is 7.99. The number of aromatic nitrogens is 3. The van der Waals surface area contributed by atoms with E-state index in [0.717, 1.165) is 33.0 Å². The number of hydrogen-bond acceptors (Lipinski definition) is 5. The summed E-state index contributed by atoms with van der Waals surface area (Å²) in [6.07, 6.45) is 4.28. The van der Waals surface area contributed by atoms with Gasteiger partial charge in [-0.3, -0.25) is 4.57 Å². The van der Waals surface area contributed by atoms with E-state index in [0.29, 0.717) is 0 Å². The zero-order valence-electron chi connectivity index (χ0n) is 15.4. The monoisotopic (exact) mass is 405 g/mol. The van der Waals surface area contributed by atoms with E-state index in [1.807, 2.05) is 48.5 Å². The SMILES string of the molecule is COc1ccc(-n2c(SC/C=C\c3ccccc3)nnc2-c2cccs2)cc1. The Balaban J connectivity index is 1.60. The summed E-state index contributed by atoms with van der Waals surface area (Å²) in [6, 6.07) is 22.4. The van der Waals surface area contributed by atoms with Crippen LogP contribution < -0.4 is 4.74 Å². The second kappa shape index (κ2) is 8.91. The van der Waals surface area contributed by atoms with Gasteiger partial charge in [0, 0.05) is 5.75 Å². The van der Waals surface area contributed by atoms with Crippen LogP contribution in [0.25, 0.3) is 22.5 Å². The van der Waals surface area contributed by atoms with Crippen molar-refractivity contribution in [1.82, 2.24) is 14.8 Å². The van der Waals surface area contributed by atoms with Crippen LogP contribution in [0.2, 0.25) is 0 Å². The van der Waals surface area contributed by atoms with Crippen LogP contribution >= 0.6 is 23.1 Å². The molecule has 28 heavy (non-hydrogen) atoms. The fourth-order valence-electron chi connectivity index (χ4n) is 2.76. The van der Waals surface area contributed by atoms with E-state index in [4.69, 9.17) is 4.74 Å². The lowest BCUT2D eigenvalue weighted by Crippen LogP contribution is -1.99. The fourth-order valence-corrected chi connectivity index (χ4v) is 4.22. The highest BCUT2D eigenvalue weighted by Crippen LogP contribution is 2.31. The summed E-state index contributed by atoms with van der Waals surface area (Å²) in [5.74, 6) is 2.50. The van der Waals surface area contributed by atoms with E-state index >= 15 is 0 Å². The Kier molecular flexibility index (Phi) is 5.89. The van der Waals surface area contributed by atoms with Crippen LogP contribution in [-0.2, 0) is 0 Å². The third-order valence-electron chi connectivity index (χ3n) is 4.12. The van der Waals surface area contributed by atoms with Crippen molar-refractivity contribution in [3.63, 3.8) is 0 Å². The first-order valence-electron chi connectivity index (χ1n) is 8.83. The number of thioether (sulfide) groups is 1. The third-order valence-corrected chi connectivity index (χ3v) is 5.87. The van der Waals surface area contributed by atoms with E-state index in [-0.39, 0.29) is 0 Å². The van der Waals surface area contributed by atoms with E-state index in [9.17, 15) is 0 Å². The highest BCUT2D eigenvalue weighted by Gasteiger charge is 2.16. The Morgan fingerprint density at radius 1 is 1.00 bits per heavy atom. The van der Waals surface area contributed by atoms with E-state index in [2.05, 4.69) is 50.5 Å². The van der Waals surface area contributed by atoms with Gasteiger partial charge in [-0.2, -0.15) is 0 Å². The molecule has 6 heteroatoms. The molecule has 0 aliphatic carbocycles. The molecule has 0 bridgehead atoms. The molecule has 0 spiro atoms. The van der Waals surface area contributed by atoms with Crippen LogP contribution in [0.4, 0.5) is 0 Å². The summed E-state index contributed by atoms with van der Waals surface area (Å²) >= 11 is 3.33. The molecule has 2 heterocycles. The molecule has 4 aromatic rings. The maximum Gasteiger partial charge on any atom is 0.196 e. The van der Waals surface area contributed by atoms with Gasteiger partial charge in [0.2, 0.25) is 0 Å². The van der Waals surface area contributed by atoms with Gasteiger partial charge in [0.25, 0.3) is 0 Å². The highest BCUT2D eigenvalue weighted by atomic mass is 32.2. The smallest absolute Gasteiger partial charge is 0.196 e. The van der Waals surface area contributed by atoms with Gasteiger partial charge in [-0.25, -0.2) is 0 Å². The lowest BCUT2D eigenvalue weighted by molar-refractivity contribution is 0.414. The van der Waals surface area contributed by atoms with Gasteiger partial charge in [-0.1, -0.05) is 60.3 Å². The minimum absolute atomic E-state index is 0.813. The van der Waals surface area contributed by atoms with E-state index < -0.39 is 0 Å². The number of hydrogen-bond donors (Lipinski definition) is 0. The average Bonchev–Trinajstić information content (AvgIpc) is 3.42. The maximum atomic E-state index is 5.29. The molecule has 0 unspecified atom stereocenters. The molecule has 0 aliphatic rings. The predicted molar refractivity (Wildman–Crippen MR) is 117 cm³/mol. The Morgan fingerprint density at radius 3 is 2.54 bits per heavy atom. The minimum Gasteiger partial charge on any atom is -0.497 e. The van der Waals surface area contributed by atoms with Crippen LogP contribution in [0, 0.1) is 0 Å². The van der Waals surface area contributed by atoms with Crippen molar-refractivity contribution in [1.29, 1.82) is 0 Å². The lowest BCUT2D eigenvalue weighted by Gasteiger charge is -2.10. The van der Waals surface area contributed by atoms with Crippen LogP contribution in [0.15, 0.2) is 83.3 Å².